The van der Waals surface area contributed by atoms with Crippen molar-refractivity contribution in [2.75, 3.05) is 24.1 Å². The van der Waals surface area contributed by atoms with E-state index in [1.54, 1.807) is 63.9 Å². The Morgan fingerprint density at radius 2 is 1.16 bits per heavy atom. The van der Waals surface area contributed by atoms with E-state index in [9.17, 15) is 44.2 Å². The molecule has 7 N–H and O–H groups in total. The van der Waals surface area contributed by atoms with Crippen LogP contribution in [0.3, 0.4) is 0 Å². The molecule has 8 rings (SSSR count). The number of likely N-dealkylation sites (tertiary alicyclic amines) is 2. The van der Waals surface area contributed by atoms with Gasteiger partial charge in [-0.05, 0) is 59.8 Å². The van der Waals surface area contributed by atoms with Gasteiger partial charge in [0.05, 0.1) is 68.6 Å². The number of nitrogens with one attached hydrogen (secondary N) is 5. The monoisotopic (exact) mass is 1210 g/mol. The Hall–Kier alpha value is -5.45. The van der Waals surface area contributed by atoms with Gasteiger partial charge in [0.25, 0.3) is 5.91 Å². The van der Waals surface area contributed by atoms with Crippen molar-refractivity contribution in [1.29, 1.82) is 5.26 Å². The van der Waals surface area contributed by atoms with Gasteiger partial charge in [0.1, 0.15) is 29.6 Å². The molecule has 0 spiro atoms. The van der Waals surface area contributed by atoms with E-state index < -0.39 is 112 Å². The van der Waals surface area contributed by atoms with Crippen LogP contribution in [0, 0.1) is 41.4 Å². The molecule has 2 aromatic carbocycles. The number of hydrogen-bond donors (Lipinski definition) is 7. The lowest BCUT2D eigenvalue weighted by molar-refractivity contribution is -0.145. The predicted octanol–water partition coefficient (Wildman–Crippen LogP) is 5.36. The molecule has 6 amide bonds. The van der Waals surface area contributed by atoms with Crippen LogP contribution in [-0.2, 0) is 28.8 Å². The van der Waals surface area contributed by atoms with Crippen molar-refractivity contribution in [2.45, 2.75) is 148 Å². The van der Waals surface area contributed by atoms with E-state index in [0.717, 1.165) is 37.8 Å². The third kappa shape index (κ3) is 12.5. The van der Waals surface area contributed by atoms with E-state index in [4.69, 9.17) is 0 Å². The molecule has 4 aromatic rings. The summed E-state index contributed by atoms with van der Waals surface area (Å²) in [7, 11) is 0. The van der Waals surface area contributed by atoms with E-state index in [1.165, 1.54) is 21.1 Å². The maximum absolute atomic E-state index is 16.9. The summed E-state index contributed by atoms with van der Waals surface area (Å²) in [5.41, 5.74) is 3.19. The molecule has 0 radical (unpaired) electrons. The number of benzene rings is 2. The molecule has 2 saturated heterocycles. The van der Waals surface area contributed by atoms with Crippen LogP contribution in [0.2, 0.25) is 0 Å². The lowest BCUT2D eigenvalue weighted by Gasteiger charge is -2.36. The van der Waals surface area contributed by atoms with Gasteiger partial charge in [-0.25, -0.2) is 14.4 Å². The van der Waals surface area contributed by atoms with Crippen LogP contribution in [0.4, 0.5) is 4.39 Å². The highest BCUT2D eigenvalue weighted by Gasteiger charge is 2.63. The molecule has 4 fully saturated rings. The van der Waals surface area contributed by atoms with Gasteiger partial charge in [-0.1, -0.05) is 113 Å². The van der Waals surface area contributed by atoms with Crippen LogP contribution in [0.5, 0.6) is 0 Å². The van der Waals surface area contributed by atoms with Crippen LogP contribution in [0.1, 0.15) is 108 Å². The van der Waals surface area contributed by atoms with Crippen molar-refractivity contribution in [3.8, 4) is 27.0 Å². The Kier molecular flexibility index (Phi) is 17.0. The second-order valence-electron chi connectivity index (χ2n) is 23.1. The number of carbonyl (C=O) groups is 6. The molecule has 2 saturated carbocycles. The molecule has 2 aliphatic heterocycles. The highest BCUT2D eigenvalue weighted by Crippen LogP contribution is 2.46. The van der Waals surface area contributed by atoms with Gasteiger partial charge in [-0.3, -0.25) is 28.8 Å². The number of aliphatic hydroxyl groups excluding tert-OH is 2. The van der Waals surface area contributed by atoms with Gasteiger partial charge in [0.15, 0.2) is 0 Å². The number of alkyl halides is 2. The second-order valence-corrected chi connectivity index (χ2v) is 25.7. The zero-order valence-electron chi connectivity index (χ0n) is 44.5. The first-order valence-electron chi connectivity index (χ1n) is 25.9. The van der Waals surface area contributed by atoms with E-state index >= 15 is 4.39 Å². The molecular formula is C55H68FIN10O8S2. The van der Waals surface area contributed by atoms with Crippen LogP contribution >= 0.6 is 45.3 Å². The Morgan fingerprint density at radius 1 is 0.727 bits per heavy atom. The lowest BCUT2D eigenvalue weighted by atomic mass is 9.85. The number of halogens is 2. The minimum absolute atomic E-state index is 0.0282. The number of carbonyl (C=O) groups excluding carboxylic acids is 6. The number of aliphatic hydroxyl groups is 2. The number of aryl methyl sites for hydroxylation is 2. The van der Waals surface area contributed by atoms with E-state index in [-0.39, 0.29) is 38.9 Å². The zero-order chi connectivity index (χ0) is 55.9. The summed E-state index contributed by atoms with van der Waals surface area (Å²) >= 11 is 5.20. The van der Waals surface area contributed by atoms with Crippen LogP contribution in [-0.4, -0.2) is 138 Å². The van der Waals surface area contributed by atoms with Crippen molar-refractivity contribution in [3.05, 3.63) is 82.1 Å². The fourth-order valence-electron chi connectivity index (χ4n) is 10.1. The number of nitrogens with zero attached hydrogens (tertiary/aromatic N) is 5. The first-order chi connectivity index (χ1) is 36.3. The van der Waals surface area contributed by atoms with E-state index in [0.29, 0.717) is 22.8 Å². The molecule has 10 atom stereocenters. The molecular weight excluding hydrogens is 1140 g/mol. The number of β-amino-alcohol motifs (C(OH)–C–C–N with tert-alkyl or cyclic N) is 2. The van der Waals surface area contributed by atoms with Crippen LogP contribution < -0.4 is 26.6 Å². The summed E-state index contributed by atoms with van der Waals surface area (Å²) in [6.07, 6.45) is -1.70. The third-order valence-corrected chi connectivity index (χ3v) is 18.0. The van der Waals surface area contributed by atoms with Crippen LogP contribution in [0.15, 0.2) is 59.6 Å². The van der Waals surface area contributed by atoms with E-state index in [2.05, 4.69) is 65.2 Å². The molecule has 18 nitrogen and oxygen atoms in total. The van der Waals surface area contributed by atoms with E-state index in [1.807, 2.05) is 62.4 Å². The number of thiazole rings is 2. The molecule has 77 heavy (non-hydrogen) atoms. The minimum Gasteiger partial charge on any atom is -0.391 e. The fraction of sp³-hybridized carbons (Fsp3) is 0.545. The Morgan fingerprint density at radius 3 is 1.55 bits per heavy atom. The Labute approximate surface area is 469 Å². The highest BCUT2D eigenvalue weighted by molar-refractivity contribution is 14.1. The SMILES string of the molecule is Cc1ncsc1-c1ccc([C@H](CNC2CC2(F)C(=O)N[C@H](C(=O)N2C[C@H](O)C[C@H]2C(=O)N[C@@H](CI)c2ccc(-c3scnc3C)cc2)C(C)(C)C)NC(=O)[C@@H]2C[C@@H](O)CN2C(=O)[C@@H](NC(=O)C2(C#N)CC2)C(C)(C)C)cc1. The first-order valence-corrected chi connectivity index (χ1v) is 29.2. The summed E-state index contributed by atoms with van der Waals surface area (Å²) in [5.74, 6) is -3.89. The van der Waals surface area contributed by atoms with Crippen molar-refractivity contribution in [3.63, 3.8) is 0 Å². The summed E-state index contributed by atoms with van der Waals surface area (Å²) in [4.78, 5) is 98.0. The molecule has 2 unspecified atom stereocenters. The summed E-state index contributed by atoms with van der Waals surface area (Å²) < 4.78 is 17.4. The quantitative estimate of drug-likeness (QED) is 0.0491. The number of nitriles is 1. The molecule has 4 aliphatic rings. The molecule has 22 heteroatoms. The summed E-state index contributed by atoms with van der Waals surface area (Å²) in [6, 6.07) is 10.3. The Bertz CT molecular complexity index is 2910. The third-order valence-electron chi connectivity index (χ3n) is 15.2. The summed E-state index contributed by atoms with van der Waals surface area (Å²) in [6.45, 7) is 13.9. The van der Waals surface area contributed by atoms with Crippen molar-refractivity contribution in [2.24, 2.45) is 16.2 Å². The van der Waals surface area contributed by atoms with Crippen LogP contribution in [0.25, 0.3) is 20.9 Å². The summed E-state index contributed by atoms with van der Waals surface area (Å²) in [5, 5.41) is 46.2. The normalized spacial score (nSPS) is 24.2. The molecule has 2 aliphatic carbocycles. The second kappa shape index (κ2) is 22.7. The average Bonchev–Trinajstić information content (AvgIpc) is 3.97. The van der Waals surface area contributed by atoms with Gasteiger partial charge < -0.3 is 46.6 Å². The average molecular weight is 1210 g/mol. The number of amides is 6. The first kappa shape index (κ1) is 57.7. The van der Waals surface area contributed by atoms with Gasteiger partial charge in [0, 0.05) is 43.3 Å². The van der Waals surface area contributed by atoms with Gasteiger partial charge in [-0.2, -0.15) is 5.26 Å². The predicted molar refractivity (Wildman–Crippen MR) is 298 cm³/mol. The minimum atomic E-state index is -2.47. The van der Waals surface area contributed by atoms with Gasteiger partial charge in [0.2, 0.25) is 35.2 Å². The van der Waals surface area contributed by atoms with Crippen molar-refractivity contribution in [1.82, 2.24) is 46.4 Å². The maximum Gasteiger partial charge on any atom is 0.260 e. The fourth-order valence-corrected chi connectivity index (χ4v) is 12.5. The van der Waals surface area contributed by atoms with Crippen molar-refractivity contribution < 1.29 is 43.4 Å². The Balaban J connectivity index is 0.951. The van der Waals surface area contributed by atoms with Crippen molar-refractivity contribution >= 4 is 80.7 Å². The van der Waals surface area contributed by atoms with Gasteiger partial charge in [-0.15, -0.1) is 22.7 Å². The number of rotatable bonds is 18. The molecule has 0 bridgehead atoms. The number of hydrogen-bond acceptors (Lipinski definition) is 14. The standard InChI is InChI=1S/C55H68FIN10O8S2/c1-29-42(76-27-60-29)33-13-9-31(10-14-33)37(22-57)62-46(70)39-19-35(68)24-66(39)49(73)45(53(6,7)8)65-51(75)55(56)21-41(55)59-23-38(32-11-15-34(16-12-32)43-30(2)61-28-77-43)63-47(71)40-20-36(69)25-67(40)48(72)44(52(3,4)5)64-50(74)54(26-58)17-18-54/h9-16,27-28,35-41,44-45,59,68-69H,17-25H2,1-8H3,(H,62,70)(H,63,71)(H,64,74)(H,65,75)/t35-,36-,37+,38+,39+,40+,41?,44-,45-,55?/m1/s1. The zero-order valence-corrected chi connectivity index (χ0v) is 48.3. The topological polar surface area (TPSA) is 259 Å². The van der Waals surface area contributed by atoms with Gasteiger partial charge >= 0.3 is 0 Å². The highest BCUT2D eigenvalue weighted by atomic mass is 127. The lowest BCUT2D eigenvalue weighted by Crippen LogP contribution is -2.59. The molecule has 2 aromatic heterocycles. The smallest absolute Gasteiger partial charge is 0.260 e. The maximum atomic E-state index is 16.9. The largest absolute Gasteiger partial charge is 0.391 e. The molecule has 4 heterocycles. The number of aromatic nitrogens is 2. The molecule has 412 valence electrons.